The highest BCUT2D eigenvalue weighted by molar-refractivity contribution is 7.88. The summed E-state index contributed by atoms with van der Waals surface area (Å²) in [6.07, 6.45) is 5.77. The molecule has 32 heavy (non-hydrogen) atoms. The van der Waals surface area contributed by atoms with E-state index in [1.165, 1.54) is 11.8 Å². The fourth-order valence-corrected chi connectivity index (χ4v) is 5.93. The van der Waals surface area contributed by atoms with E-state index in [1.807, 2.05) is 31.2 Å². The van der Waals surface area contributed by atoms with Crippen molar-refractivity contribution in [3.05, 3.63) is 77.9 Å². The Bertz CT molecular complexity index is 1260. The van der Waals surface area contributed by atoms with Gasteiger partial charge >= 0.3 is 0 Å². The van der Waals surface area contributed by atoms with Crippen molar-refractivity contribution in [3.63, 3.8) is 0 Å². The second-order valence-electron chi connectivity index (χ2n) is 9.05. The van der Waals surface area contributed by atoms with Gasteiger partial charge in [0, 0.05) is 23.2 Å². The van der Waals surface area contributed by atoms with Crippen molar-refractivity contribution in [2.45, 2.75) is 50.2 Å². The van der Waals surface area contributed by atoms with Gasteiger partial charge in [0.05, 0.1) is 11.9 Å². The Morgan fingerprint density at radius 3 is 2.81 bits per heavy atom. The Kier molecular flexibility index (Phi) is 5.26. The maximum atomic E-state index is 11.9. The maximum absolute atomic E-state index is 11.9. The van der Waals surface area contributed by atoms with Crippen molar-refractivity contribution in [2.24, 2.45) is 0 Å². The largest absolute Gasteiger partial charge is 0.484 e. The molecule has 1 fully saturated rings. The van der Waals surface area contributed by atoms with E-state index < -0.39 is 10.0 Å². The van der Waals surface area contributed by atoms with Gasteiger partial charge in [-0.15, -0.1) is 0 Å². The highest BCUT2D eigenvalue weighted by Crippen LogP contribution is 2.44. The molecule has 0 unspecified atom stereocenters. The lowest BCUT2D eigenvalue weighted by molar-refractivity contribution is 0.221. The first-order valence-electron chi connectivity index (χ1n) is 11.0. The van der Waals surface area contributed by atoms with Crippen molar-refractivity contribution < 1.29 is 13.2 Å². The topological polar surface area (TPSA) is 81.2 Å². The first-order chi connectivity index (χ1) is 15.3. The number of nitrogens with one attached hydrogen (secondary N) is 1. The number of aromatic nitrogens is 2. The Morgan fingerprint density at radius 2 is 1.97 bits per heavy atom. The standard InChI is InChI=1S/C25H27N3O3S/c1-17-22-11-13-26-24(27-22)25(12-10-20(16-25)28-32(2,29)30)15-18-6-5-7-19(14-18)21-8-3-4-9-23(21)31-17/h3-9,11,13-14,17,20,28H,10,12,15-16H2,1-2H3/t17-,20+,25-/m1/s1. The third kappa shape index (κ3) is 4.14. The minimum atomic E-state index is -3.28. The molecule has 2 aromatic carbocycles. The molecule has 2 aliphatic rings. The molecular weight excluding hydrogens is 422 g/mol. The average molecular weight is 450 g/mol. The third-order valence-corrected chi connectivity index (χ3v) is 7.29. The van der Waals surface area contributed by atoms with Crippen molar-refractivity contribution in [1.29, 1.82) is 0 Å². The van der Waals surface area contributed by atoms with E-state index in [2.05, 4.69) is 40.0 Å². The Labute approximate surface area is 189 Å². The number of benzene rings is 2. The molecule has 2 heterocycles. The predicted molar refractivity (Wildman–Crippen MR) is 124 cm³/mol. The third-order valence-electron chi connectivity index (χ3n) is 6.53. The number of hydrogen-bond acceptors (Lipinski definition) is 5. The number of ether oxygens (including phenoxy) is 1. The first-order valence-corrected chi connectivity index (χ1v) is 12.9. The zero-order valence-electron chi connectivity index (χ0n) is 18.3. The zero-order valence-corrected chi connectivity index (χ0v) is 19.1. The smallest absolute Gasteiger partial charge is 0.208 e. The predicted octanol–water partition coefficient (Wildman–Crippen LogP) is 4.18. The van der Waals surface area contributed by atoms with E-state index in [4.69, 9.17) is 9.72 Å². The summed E-state index contributed by atoms with van der Waals surface area (Å²) in [5, 5.41) is 0. The van der Waals surface area contributed by atoms with Crippen LogP contribution < -0.4 is 9.46 Å². The fourth-order valence-electron chi connectivity index (χ4n) is 5.13. The molecule has 7 heteroatoms. The van der Waals surface area contributed by atoms with Gasteiger partial charge in [-0.2, -0.15) is 0 Å². The van der Waals surface area contributed by atoms with Gasteiger partial charge in [-0.05, 0) is 55.9 Å². The lowest BCUT2D eigenvalue weighted by Crippen LogP contribution is -2.36. The van der Waals surface area contributed by atoms with Gasteiger partial charge < -0.3 is 4.74 Å². The van der Waals surface area contributed by atoms with Crippen LogP contribution in [0.3, 0.4) is 0 Å². The number of fused-ring (bicyclic) bond motifs is 7. The van der Waals surface area contributed by atoms with Crippen LogP contribution in [0.15, 0.2) is 60.8 Å². The molecule has 0 radical (unpaired) electrons. The van der Waals surface area contributed by atoms with Gasteiger partial charge in [-0.3, -0.25) is 0 Å². The zero-order chi connectivity index (χ0) is 22.3. The summed E-state index contributed by atoms with van der Waals surface area (Å²) in [4.78, 5) is 9.63. The van der Waals surface area contributed by atoms with Gasteiger partial charge in [0.15, 0.2) is 0 Å². The Morgan fingerprint density at radius 1 is 1.12 bits per heavy atom. The van der Waals surface area contributed by atoms with Gasteiger partial charge in [-0.1, -0.05) is 42.5 Å². The molecular formula is C25H27N3O3S. The SMILES string of the molecule is C[C@H]1Oc2ccccc2-c2cccc(c2)C[C@@]2(CC[C@H](NS(C)(=O)=O)C2)c2nccc1n2. The molecule has 1 aliphatic carbocycles. The van der Waals surface area contributed by atoms with Crippen LogP contribution in [0.2, 0.25) is 0 Å². The summed E-state index contributed by atoms with van der Waals surface area (Å²) >= 11 is 0. The minimum absolute atomic E-state index is 0.122. The highest BCUT2D eigenvalue weighted by Gasteiger charge is 2.44. The van der Waals surface area contributed by atoms with E-state index in [0.717, 1.165) is 47.7 Å². The van der Waals surface area contributed by atoms with Gasteiger partial charge in [-0.25, -0.2) is 23.1 Å². The van der Waals surface area contributed by atoms with E-state index in [1.54, 1.807) is 6.20 Å². The number of nitrogens with zero attached hydrogens (tertiary/aromatic N) is 2. The van der Waals surface area contributed by atoms with Crippen LogP contribution in [-0.4, -0.2) is 30.7 Å². The second-order valence-corrected chi connectivity index (χ2v) is 10.8. The minimum Gasteiger partial charge on any atom is -0.484 e. The van der Waals surface area contributed by atoms with Crippen LogP contribution in [-0.2, 0) is 21.9 Å². The molecule has 4 bridgehead atoms. The van der Waals surface area contributed by atoms with E-state index in [0.29, 0.717) is 6.42 Å². The molecule has 166 valence electrons. The first kappa shape index (κ1) is 21.1. The molecule has 1 aromatic heterocycles. The number of sulfonamides is 1. The van der Waals surface area contributed by atoms with Crippen LogP contribution in [0.4, 0.5) is 0 Å². The molecule has 1 aliphatic heterocycles. The van der Waals surface area contributed by atoms with Crippen LogP contribution >= 0.6 is 0 Å². The summed E-state index contributed by atoms with van der Waals surface area (Å²) in [5.74, 6) is 1.59. The Hall–Kier alpha value is -2.77. The molecule has 0 saturated heterocycles. The summed E-state index contributed by atoms with van der Waals surface area (Å²) < 4.78 is 32.9. The molecule has 1 saturated carbocycles. The summed E-state index contributed by atoms with van der Waals surface area (Å²) in [6.45, 7) is 2.00. The number of para-hydroxylation sites is 1. The van der Waals surface area contributed by atoms with Gasteiger partial charge in [0.2, 0.25) is 10.0 Å². The van der Waals surface area contributed by atoms with Crippen LogP contribution in [0.25, 0.3) is 11.1 Å². The quantitative estimate of drug-likeness (QED) is 0.635. The van der Waals surface area contributed by atoms with Crippen molar-refractivity contribution in [3.8, 4) is 16.9 Å². The normalized spacial score (nSPS) is 24.8. The van der Waals surface area contributed by atoms with Crippen molar-refractivity contribution >= 4 is 10.0 Å². The summed E-state index contributed by atoms with van der Waals surface area (Å²) in [5.41, 5.74) is 3.82. The number of rotatable bonds is 2. The van der Waals surface area contributed by atoms with Crippen molar-refractivity contribution in [1.82, 2.24) is 14.7 Å². The summed E-state index contributed by atoms with van der Waals surface area (Å²) in [7, 11) is -3.28. The fraction of sp³-hybridized carbons (Fsp3) is 0.360. The number of hydrogen-bond donors (Lipinski definition) is 1. The lowest BCUT2D eigenvalue weighted by Gasteiger charge is -2.30. The molecule has 3 atom stereocenters. The highest BCUT2D eigenvalue weighted by atomic mass is 32.2. The Balaban J connectivity index is 1.64. The summed E-state index contributed by atoms with van der Waals surface area (Å²) in [6, 6.07) is 18.4. The molecule has 1 spiro atoms. The van der Waals surface area contributed by atoms with Crippen LogP contribution in [0.1, 0.15) is 49.4 Å². The van der Waals surface area contributed by atoms with Crippen LogP contribution in [0.5, 0.6) is 5.75 Å². The monoisotopic (exact) mass is 449 g/mol. The van der Waals surface area contributed by atoms with Gasteiger partial charge in [0.25, 0.3) is 0 Å². The van der Waals surface area contributed by atoms with Crippen LogP contribution in [0, 0.1) is 0 Å². The molecule has 6 nitrogen and oxygen atoms in total. The van der Waals surface area contributed by atoms with E-state index in [9.17, 15) is 8.42 Å². The lowest BCUT2D eigenvalue weighted by atomic mass is 9.78. The van der Waals surface area contributed by atoms with E-state index in [-0.39, 0.29) is 17.6 Å². The van der Waals surface area contributed by atoms with E-state index >= 15 is 0 Å². The molecule has 0 amide bonds. The average Bonchev–Trinajstić information content (AvgIpc) is 3.15. The molecule has 1 N–H and O–H groups in total. The molecule has 3 aromatic rings. The second kappa shape index (κ2) is 7.98. The molecule has 5 rings (SSSR count). The van der Waals surface area contributed by atoms with Gasteiger partial charge in [0.1, 0.15) is 17.7 Å². The van der Waals surface area contributed by atoms with Crippen molar-refractivity contribution in [2.75, 3.05) is 6.26 Å². The maximum Gasteiger partial charge on any atom is 0.208 e.